The van der Waals surface area contributed by atoms with Crippen LogP contribution in [-0.4, -0.2) is 4.98 Å². The highest BCUT2D eigenvalue weighted by Crippen LogP contribution is 2.23. The van der Waals surface area contributed by atoms with E-state index in [9.17, 15) is 0 Å². The number of thiazole rings is 1. The third kappa shape index (κ3) is 2.73. The largest absolute Gasteiger partial charge is 0.325 e. The van der Waals surface area contributed by atoms with Crippen LogP contribution in [0.5, 0.6) is 0 Å². The third-order valence-electron chi connectivity index (χ3n) is 2.97. The molecule has 1 aromatic heterocycles. The van der Waals surface area contributed by atoms with Crippen molar-refractivity contribution in [2.24, 2.45) is 5.73 Å². The van der Waals surface area contributed by atoms with Crippen molar-refractivity contribution in [3.05, 3.63) is 50.5 Å². The number of nitrogens with two attached hydrogens (primary N) is 1. The molecule has 0 radical (unpaired) electrons. The van der Waals surface area contributed by atoms with Gasteiger partial charge in [0, 0.05) is 17.8 Å². The molecule has 0 atom stereocenters. The molecule has 0 saturated heterocycles. The SMILES string of the molecule is Cc1ccc(C)c(Cc2sc(CN)nc2C)c1. The van der Waals surface area contributed by atoms with Gasteiger partial charge in [0.2, 0.25) is 0 Å². The minimum atomic E-state index is 0.540. The monoisotopic (exact) mass is 246 g/mol. The van der Waals surface area contributed by atoms with Gasteiger partial charge in [0.25, 0.3) is 0 Å². The molecule has 2 N–H and O–H groups in total. The van der Waals surface area contributed by atoms with Crippen molar-refractivity contribution in [2.75, 3.05) is 0 Å². The van der Waals surface area contributed by atoms with Crippen LogP contribution in [0, 0.1) is 20.8 Å². The first-order valence-corrected chi connectivity index (χ1v) is 6.63. The molecule has 17 heavy (non-hydrogen) atoms. The lowest BCUT2D eigenvalue weighted by Crippen LogP contribution is -1.94. The molecule has 0 unspecified atom stereocenters. The molecule has 1 heterocycles. The third-order valence-corrected chi connectivity index (χ3v) is 4.15. The van der Waals surface area contributed by atoms with Crippen molar-refractivity contribution in [1.82, 2.24) is 4.98 Å². The van der Waals surface area contributed by atoms with Gasteiger partial charge in [0.15, 0.2) is 0 Å². The maximum Gasteiger partial charge on any atom is 0.107 e. The average Bonchev–Trinajstić information content (AvgIpc) is 2.65. The minimum absolute atomic E-state index is 0.540. The summed E-state index contributed by atoms with van der Waals surface area (Å²) in [7, 11) is 0. The van der Waals surface area contributed by atoms with E-state index in [0.717, 1.165) is 17.1 Å². The van der Waals surface area contributed by atoms with Crippen LogP contribution in [0.25, 0.3) is 0 Å². The quantitative estimate of drug-likeness (QED) is 0.903. The van der Waals surface area contributed by atoms with Gasteiger partial charge in [0.1, 0.15) is 5.01 Å². The Balaban J connectivity index is 2.30. The van der Waals surface area contributed by atoms with Gasteiger partial charge in [-0.2, -0.15) is 0 Å². The second-order valence-corrected chi connectivity index (χ2v) is 5.60. The van der Waals surface area contributed by atoms with Crippen molar-refractivity contribution in [1.29, 1.82) is 0 Å². The number of aryl methyl sites for hydroxylation is 3. The summed E-state index contributed by atoms with van der Waals surface area (Å²) in [6.45, 7) is 6.90. The summed E-state index contributed by atoms with van der Waals surface area (Å²) in [5, 5.41) is 1.03. The van der Waals surface area contributed by atoms with Crippen LogP contribution in [-0.2, 0) is 13.0 Å². The first-order chi connectivity index (χ1) is 8.10. The van der Waals surface area contributed by atoms with Crippen molar-refractivity contribution < 1.29 is 0 Å². The Morgan fingerprint density at radius 3 is 2.65 bits per heavy atom. The summed E-state index contributed by atoms with van der Waals surface area (Å²) in [5.74, 6) is 0. The van der Waals surface area contributed by atoms with Crippen LogP contribution in [0.3, 0.4) is 0 Å². The zero-order valence-electron chi connectivity index (χ0n) is 10.6. The molecule has 0 aliphatic rings. The lowest BCUT2D eigenvalue weighted by molar-refractivity contribution is 1.01. The molecule has 0 spiro atoms. The summed E-state index contributed by atoms with van der Waals surface area (Å²) in [6, 6.07) is 6.60. The van der Waals surface area contributed by atoms with Crippen LogP contribution >= 0.6 is 11.3 Å². The topological polar surface area (TPSA) is 38.9 Å². The van der Waals surface area contributed by atoms with Gasteiger partial charge in [-0.1, -0.05) is 23.8 Å². The Morgan fingerprint density at radius 1 is 1.24 bits per heavy atom. The number of rotatable bonds is 3. The van der Waals surface area contributed by atoms with Gasteiger partial charge in [-0.3, -0.25) is 0 Å². The summed E-state index contributed by atoms with van der Waals surface area (Å²) >= 11 is 1.73. The molecule has 0 saturated carbocycles. The molecule has 2 aromatic rings. The highest BCUT2D eigenvalue weighted by molar-refractivity contribution is 7.11. The number of hydrogen-bond acceptors (Lipinski definition) is 3. The van der Waals surface area contributed by atoms with Crippen molar-refractivity contribution in [3.63, 3.8) is 0 Å². The lowest BCUT2D eigenvalue weighted by atomic mass is 10.0. The molecule has 90 valence electrons. The van der Waals surface area contributed by atoms with E-state index in [1.165, 1.54) is 21.6 Å². The van der Waals surface area contributed by atoms with E-state index in [1.54, 1.807) is 11.3 Å². The van der Waals surface area contributed by atoms with E-state index in [1.807, 2.05) is 0 Å². The van der Waals surface area contributed by atoms with Crippen LogP contribution in [0.15, 0.2) is 18.2 Å². The molecule has 0 fully saturated rings. The molecule has 2 nitrogen and oxygen atoms in total. The first kappa shape index (κ1) is 12.3. The van der Waals surface area contributed by atoms with Crippen LogP contribution in [0.2, 0.25) is 0 Å². The fourth-order valence-electron chi connectivity index (χ4n) is 1.90. The Kier molecular flexibility index (Phi) is 3.60. The summed E-state index contributed by atoms with van der Waals surface area (Å²) < 4.78 is 0. The van der Waals surface area contributed by atoms with E-state index >= 15 is 0 Å². The molecule has 0 bridgehead atoms. The lowest BCUT2D eigenvalue weighted by Gasteiger charge is -2.06. The number of aromatic nitrogens is 1. The highest BCUT2D eigenvalue weighted by atomic mass is 32.1. The minimum Gasteiger partial charge on any atom is -0.325 e. The fourth-order valence-corrected chi connectivity index (χ4v) is 2.87. The van der Waals surface area contributed by atoms with E-state index < -0.39 is 0 Å². The normalized spacial score (nSPS) is 10.8. The molecule has 1 aromatic carbocycles. The van der Waals surface area contributed by atoms with E-state index in [4.69, 9.17) is 5.73 Å². The second-order valence-electron chi connectivity index (χ2n) is 4.43. The van der Waals surface area contributed by atoms with Crippen molar-refractivity contribution in [3.8, 4) is 0 Å². The average molecular weight is 246 g/mol. The Hall–Kier alpha value is -1.19. The second kappa shape index (κ2) is 4.98. The highest BCUT2D eigenvalue weighted by Gasteiger charge is 2.08. The van der Waals surface area contributed by atoms with Crippen molar-refractivity contribution in [2.45, 2.75) is 33.7 Å². The molecule has 0 amide bonds. The predicted octanol–water partition coefficient (Wildman–Crippen LogP) is 3.12. The fraction of sp³-hybridized carbons (Fsp3) is 0.357. The van der Waals surface area contributed by atoms with Gasteiger partial charge >= 0.3 is 0 Å². The number of nitrogens with zero attached hydrogens (tertiary/aromatic N) is 1. The zero-order valence-corrected chi connectivity index (χ0v) is 11.4. The summed E-state index contributed by atoms with van der Waals surface area (Å²) in [6.07, 6.45) is 0.969. The summed E-state index contributed by atoms with van der Waals surface area (Å²) in [4.78, 5) is 5.80. The maximum atomic E-state index is 5.63. The Bertz CT molecular complexity index is 529. The van der Waals surface area contributed by atoms with Crippen LogP contribution in [0.4, 0.5) is 0 Å². The molecule has 0 aliphatic carbocycles. The number of hydrogen-bond donors (Lipinski definition) is 1. The maximum absolute atomic E-state index is 5.63. The van der Waals surface area contributed by atoms with Crippen LogP contribution < -0.4 is 5.73 Å². The van der Waals surface area contributed by atoms with E-state index in [2.05, 4.69) is 44.0 Å². The van der Waals surface area contributed by atoms with Gasteiger partial charge in [-0.15, -0.1) is 11.3 Å². The smallest absolute Gasteiger partial charge is 0.107 e. The van der Waals surface area contributed by atoms with Crippen molar-refractivity contribution >= 4 is 11.3 Å². The van der Waals surface area contributed by atoms with E-state index in [0.29, 0.717) is 6.54 Å². The Morgan fingerprint density at radius 2 is 2.00 bits per heavy atom. The Labute approximate surface area is 107 Å². The zero-order chi connectivity index (χ0) is 12.4. The van der Waals surface area contributed by atoms with Gasteiger partial charge < -0.3 is 5.73 Å². The predicted molar refractivity (Wildman–Crippen MR) is 73.5 cm³/mol. The number of benzene rings is 1. The van der Waals surface area contributed by atoms with E-state index in [-0.39, 0.29) is 0 Å². The summed E-state index contributed by atoms with van der Waals surface area (Å²) in [5.41, 5.74) is 10.8. The van der Waals surface area contributed by atoms with Gasteiger partial charge in [-0.25, -0.2) is 4.98 Å². The van der Waals surface area contributed by atoms with Gasteiger partial charge in [0.05, 0.1) is 5.69 Å². The molecule has 3 heteroatoms. The molecule has 2 rings (SSSR count). The van der Waals surface area contributed by atoms with Crippen LogP contribution in [0.1, 0.15) is 32.3 Å². The molecular formula is C14H18N2S. The molecule has 0 aliphatic heterocycles. The first-order valence-electron chi connectivity index (χ1n) is 5.81. The standard InChI is InChI=1S/C14H18N2S/c1-9-4-5-10(2)12(6-9)7-13-11(3)16-14(8-15)17-13/h4-6H,7-8,15H2,1-3H3. The molecular weight excluding hydrogens is 228 g/mol. The van der Waals surface area contributed by atoms with Gasteiger partial charge in [-0.05, 0) is 31.9 Å².